The van der Waals surface area contributed by atoms with Crippen LogP contribution in [0, 0.1) is 0 Å². The number of aliphatic hydroxyl groups is 3. The SMILES string of the molecule is COc1cc(-c2oc3cc(=O)cc(O)c-3cc2OC2OCC(O)C(O)C2O)ccc1O. The zero-order valence-corrected chi connectivity index (χ0v) is 16.3. The second-order valence-corrected chi connectivity index (χ2v) is 7.05. The van der Waals surface area contributed by atoms with E-state index in [2.05, 4.69) is 0 Å². The van der Waals surface area contributed by atoms with Crippen LogP contribution in [0.3, 0.4) is 0 Å². The number of methoxy groups -OCH3 is 1. The van der Waals surface area contributed by atoms with E-state index in [1.807, 2.05) is 0 Å². The van der Waals surface area contributed by atoms with Gasteiger partial charge in [0.05, 0.1) is 19.3 Å². The fourth-order valence-electron chi connectivity index (χ4n) is 3.29. The largest absolute Gasteiger partial charge is 0.507 e. The number of ether oxygens (including phenoxy) is 3. The maximum absolute atomic E-state index is 11.8. The van der Waals surface area contributed by atoms with E-state index in [0.717, 1.165) is 6.07 Å². The highest BCUT2D eigenvalue weighted by atomic mass is 16.7. The van der Waals surface area contributed by atoms with Crippen LogP contribution in [0.4, 0.5) is 0 Å². The molecule has 0 spiro atoms. The molecular weight excluding hydrogens is 412 g/mol. The Kier molecular flexibility index (Phi) is 5.46. The lowest BCUT2D eigenvalue weighted by Gasteiger charge is -2.35. The Morgan fingerprint density at radius 1 is 0.968 bits per heavy atom. The number of hydrogen-bond acceptors (Lipinski definition) is 10. The van der Waals surface area contributed by atoms with Gasteiger partial charge in [-0.1, -0.05) is 0 Å². The van der Waals surface area contributed by atoms with E-state index in [-0.39, 0.29) is 46.7 Å². The van der Waals surface area contributed by atoms with Crippen molar-refractivity contribution < 1.29 is 44.2 Å². The summed E-state index contributed by atoms with van der Waals surface area (Å²) < 4.78 is 22.0. The minimum absolute atomic E-state index is 0.00170. The number of rotatable bonds is 4. The summed E-state index contributed by atoms with van der Waals surface area (Å²) in [6, 6.07) is 7.92. The molecule has 0 saturated carbocycles. The second-order valence-electron chi connectivity index (χ2n) is 7.05. The van der Waals surface area contributed by atoms with Gasteiger partial charge in [0, 0.05) is 17.7 Å². The first-order chi connectivity index (χ1) is 14.8. The van der Waals surface area contributed by atoms with Crippen LogP contribution in [0.1, 0.15) is 0 Å². The molecule has 1 fully saturated rings. The topological polar surface area (TPSA) is 159 Å². The zero-order chi connectivity index (χ0) is 22.3. The summed E-state index contributed by atoms with van der Waals surface area (Å²) in [6.45, 7) is -0.277. The third-order valence-corrected chi connectivity index (χ3v) is 4.94. The van der Waals surface area contributed by atoms with Crippen molar-refractivity contribution >= 4 is 0 Å². The van der Waals surface area contributed by atoms with E-state index in [4.69, 9.17) is 18.6 Å². The van der Waals surface area contributed by atoms with Crippen molar-refractivity contribution in [3.05, 3.63) is 46.6 Å². The lowest BCUT2D eigenvalue weighted by Crippen LogP contribution is -2.54. The molecule has 5 N–H and O–H groups in total. The van der Waals surface area contributed by atoms with E-state index in [1.54, 1.807) is 0 Å². The molecule has 3 aliphatic rings. The predicted octanol–water partition coefficient (Wildman–Crippen LogP) is 0.649. The summed E-state index contributed by atoms with van der Waals surface area (Å²) in [4.78, 5) is 11.8. The highest BCUT2D eigenvalue weighted by molar-refractivity contribution is 5.76. The van der Waals surface area contributed by atoms with Crippen LogP contribution in [0.25, 0.3) is 22.6 Å². The van der Waals surface area contributed by atoms with Crippen LogP contribution in [0.5, 0.6) is 23.0 Å². The molecule has 4 rings (SSSR count). The van der Waals surface area contributed by atoms with Gasteiger partial charge in [-0.3, -0.25) is 4.79 Å². The van der Waals surface area contributed by atoms with Crippen LogP contribution in [-0.2, 0) is 4.74 Å². The number of phenolic OH excluding ortho intramolecular Hbond substituents is 2. The monoisotopic (exact) mass is 432 g/mol. The van der Waals surface area contributed by atoms with E-state index in [0.29, 0.717) is 5.56 Å². The van der Waals surface area contributed by atoms with Gasteiger partial charge in [-0.15, -0.1) is 0 Å². The third kappa shape index (κ3) is 3.89. The summed E-state index contributed by atoms with van der Waals surface area (Å²) in [5.74, 6) is -0.163. The average Bonchev–Trinajstić information content (AvgIpc) is 2.74. The normalized spacial score (nSPS) is 23.6. The Bertz CT molecular complexity index is 1120. The van der Waals surface area contributed by atoms with E-state index >= 15 is 0 Å². The molecule has 1 aliphatic carbocycles. The summed E-state index contributed by atoms with van der Waals surface area (Å²) >= 11 is 0. The van der Waals surface area contributed by atoms with Gasteiger partial charge in [0.1, 0.15) is 29.8 Å². The fourth-order valence-corrected chi connectivity index (χ4v) is 3.29. The average molecular weight is 432 g/mol. The van der Waals surface area contributed by atoms with Crippen LogP contribution >= 0.6 is 0 Å². The second kappa shape index (κ2) is 8.08. The number of aromatic hydroxyl groups is 2. The number of benzene rings is 2. The molecular formula is C21H20O10. The van der Waals surface area contributed by atoms with Crippen LogP contribution in [0.15, 0.2) is 45.6 Å². The highest BCUT2D eigenvalue weighted by Crippen LogP contribution is 2.43. The van der Waals surface area contributed by atoms with Gasteiger partial charge in [-0.2, -0.15) is 0 Å². The maximum Gasteiger partial charge on any atom is 0.229 e. The van der Waals surface area contributed by atoms with Crippen molar-refractivity contribution in [1.82, 2.24) is 0 Å². The smallest absolute Gasteiger partial charge is 0.229 e. The molecule has 0 bridgehead atoms. The van der Waals surface area contributed by atoms with Crippen LogP contribution in [0.2, 0.25) is 0 Å². The van der Waals surface area contributed by atoms with E-state index in [1.165, 1.54) is 37.4 Å². The van der Waals surface area contributed by atoms with Gasteiger partial charge in [0.25, 0.3) is 0 Å². The molecule has 4 atom stereocenters. The quantitative estimate of drug-likeness (QED) is 0.396. The zero-order valence-electron chi connectivity index (χ0n) is 16.3. The highest BCUT2D eigenvalue weighted by Gasteiger charge is 2.39. The molecule has 2 heterocycles. The Morgan fingerprint density at radius 2 is 1.74 bits per heavy atom. The molecule has 0 amide bonds. The molecule has 31 heavy (non-hydrogen) atoms. The third-order valence-electron chi connectivity index (χ3n) is 4.94. The van der Waals surface area contributed by atoms with Crippen molar-refractivity contribution in [2.75, 3.05) is 13.7 Å². The summed E-state index contributed by atoms with van der Waals surface area (Å²) in [5.41, 5.74) is 0.0722. The molecule has 2 aliphatic heterocycles. The molecule has 0 radical (unpaired) electrons. The van der Waals surface area contributed by atoms with Crippen molar-refractivity contribution in [2.24, 2.45) is 0 Å². The number of fused-ring (bicyclic) bond motifs is 1. The first kappa shape index (κ1) is 20.9. The molecule has 4 unspecified atom stereocenters. The summed E-state index contributed by atoms with van der Waals surface area (Å²) in [7, 11) is 1.37. The molecule has 1 aromatic carbocycles. The lowest BCUT2D eigenvalue weighted by atomic mass is 10.0. The summed E-state index contributed by atoms with van der Waals surface area (Å²) in [5, 5.41) is 49.8. The standard InChI is InChI=1S/C21H20O10/c1-28-16-4-9(2-3-12(16)23)20-17(31-21-19(27)18(26)14(25)8-29-21)7-11-13(24)5-10(22)6-15(11)30-20/h2-7,14,18-19,21,23-27H,8H2,1H3. The number of phenols is 2. The molecule has 0 aromatic heterocycles. The van der Waals surface area contributed by atoms with Crippen molar-refractivity contribution in [3.8, 4) is 45.6 Å². The summed E-state index contributed by atoms with van der Waals surface area (Å²) in [6.07, 6.45) is -5.70. The lowest BCUT2D eigenvalue weighted by molar-refractivity contribution is -0.242. The van der Waals surface area contributed by atoms with Gasteiger partial charge < -0.3 is 44.2 Å². The van der Waals surface area contributed by atoms with Gasteiger partial charge in [0.15, 0.2) is 28.4 Å². The van der Waals surface area contributed by atoms with E-state index in [9.17, 15) is 30.3 Å². The first-order valence-corrected chi connectivity index (χ1v) is 9.29. The Morgan fingerprint density at radius 3 is 2.48 bits per heavy atom. The Balaban J connectivity index is 1.85. The van der Waals surface area contributed by atoms with E-state index < -0.39 is 30.0 Å². The Labute approximate surface area is 175 Å². The number of aliphatic hydroxyl groups excluding tert-OH is 3. The van der Waals surface area contributed by atoms with Crippen LogP contribution < -0.4 is 14.9 Å². The molecule has 1 aromatic rings. The van der Waals surface area contributed by atoms with Crippen molar-refractivity contribution in [1.29, 1.82) is 0 Å². The van der Waals surface area contributed by atoms with Crippen LogP contribution in [-0.4, -0.2) is 63.9 Å². The molecule has 10 nitrogen and oxygen atoms in total. The first-order valence-electron chi connectivity index (χ1n) is 9.29. The number of hydrogen-bond donors (Lipinski definition) is 5. The molecule has 10 heteroatoms. The maximum atomic E-state index is 11.8. The van der Waals surface area contributed by atoms with Gasteiger partial charge in [-0.25, -0.2) is 0 Å². The predicted molar refractivity (Wildman–Crippen MR) is 105 cm³/mol. The van der Waals surface area contributed by atoms with Gasteiger partial charge >= 0.3 is 0 Å². The van der Waals surface area contributed by atoms with Crippen molar-refractivity contribution in [3.63, 3.8) is 0 Å². The van der Waals surface area contributed by atoms with Crippen molar-refractivity contribution in [2.45, 2.75) is 24.6 Å². The minimum Gasteiger partial charge on any atom is -0.507 e. The van der Waals surface area contributed by atoms with Gasteiger partial charge in [0.2, 0.25) is 6.29 Å². The Hall–Kier alpha value is -3.31. The minimum atomic E-state index is -1.57. The fraction of sp³-hybridized carbons (Fsp3) is 0.286. The molecule has 164 valence electrons. The molecule has 1 saturated heterocycles. The van der Waals surface area contributed by atoms with Gasteiger partial charge in [-0.05, 0) is 24.3 Å².